The Bertz CT molecular complexity index is 539. The fourth-order valence-corrected chi connectivity index (χ4v) is 1.80. The number of carbonyl (C=O) groups is 1. The average Bonchev–Trinajstić information content (AvgIpc) is 2.73. The predicted molar refractivity (Wildman–Crippen MR) is 79.2 cm³/mol. The molecule has 0 fully saturated rings. The standard InChI is InChI=1S/C14H18N2O2.ClH/c1-9-6-11-8-13(14(17)16-5-4-15-3)18-12(11)7-10(9)2;/h6-8,15H,4-5H2,1-3H3,(H,16,17);1H. The third-order valence-corrected chi connectivity index (χ3v) is 3.02. The molecule has 1 aromatic heterocycles. The molecule has 0 saturated carbocycles. The largest absolute Gasteiger partial charge is 0.451 e. The SMILES string of the molecule is CNCCNC(=O)c1cc2cc(C)c(C)cc2o1.Cl. The molecule has 1 heterocycles. The van der Waals surface area contributed by atoms with E-state index in [1.54, 1.807) is 6.07 Å². The summed E-state index contributed by atoms with van der Waals surface area (Å²) in [6, 6.07) is 5.80. The molecule has 0 unspecified atom stereocenters. The first-order valence-electron chi connectivity index (χ1n) is 6.05. The van der Waals surface area contributed by atoms with Gasteiger partial charge in [-0.3, -0.25) is 4.79 Å². The lowest BCUT2D eigenvalue weighted by atomic mass is 10.1. The Balaban J connectivity index is 0.00000180. The molecule has 2 aromatic rings. The van der Waals surface area contributed by atoms with E-state index in [9.17, 15) is 4.79 Å². The number of fused-ring (bicyclic) bond motifs is 1. The fraction of sp³-hybridized carbons (Fsp3) is 0.357. The van der Waals surface area contributed by atoms with Crippen molar-refractivity contribution in [1.29, 1.82) is 0 Å². The molecule has 0 aliphatic rings. The summed E-state index contributed by atoms with van der Waals surface area (Å²) in [7, 11) is 1.85. The molecule has 2 rings (SSSR count). The molecule has 0 aliphatic carbocycles. The Hall–Kier alpha value is -1.52. The average molecular weight is 283 g/mol. The van der Waals surface area contributed by atoms with E-state index in [1.807, 2.05) is 26.1 Å². The minimum Gasteiger partial charge on any atom is -0.451 e. The van der Waals surface area contributed by atoms with Crippen LogP contribution in [0, 0.1) is 13.8 Å². The van der Waals surface area contributed by atoms with Gasteiger partial charge in [0.25, 0.3) is 5.91 Å². The highest BCUT2D eigenvalue weighted by atomic mass is 35.5. The zero-order valence-corrected chi connectivity index (χ0v) is 12.2. The van der Waals surface area contributed by atoms with Crippen LogP contribution in [0.1, 0.15) is 21.7 Å². The van der Waals surface area contributed by atoms with Gasteiger partial charge in [0.15, 0.2) is 5.76 Å². The lowest BCUT2D eigenvalue weighted by Gasteiger charge is -2.01. The summed E-state index contributed by atoms with van der Waals surface area (Å²) in [6.45, 7) is 5.41. The van der Waals surface area contributed by atoms with Gasteiger partial charge in [0.05, 0.1) is 0 Å². The second-order valence-electron chi connectivity index (χ2n) is 4.44. The molecule has 104 valence electrons. The summed E-state index contributed by atoms with van der Waals surface area (Å²) in [5, 5.41) is 6.73. The number of furan rings is 1. The Kier molecular flexibility index (Phi) is 5.39. The molecule has 1 amide bonds. The molecule has 19 heavy (non-hydrogen) atoms. The van der Waals surface area contributed by atoms with Crippen LogP contribution in [0.2, 0.25) is 0 Å². The van der Waals surface area contributed by atoms with E-state index in [-0.39, 0.29) is 18.3 Å². The summed E-state index contributed by atoms with van der Waals surface area (Å²) in [4.78, 5) is 11.8. The number of rotatable bonds is 4. The number of carbonyl (C=O) groups excluding carboxylic acids is 1. The van der Waals surface area contributed by atoms with Crippen LogP contribution < -0.4 is 10.6 Å². The van der Waals surface area contributed by atoms with E-state index in [0.29, 0.717) is 12.3 Å². The number of likely N-dealkylation sites (N-methyl/N-ethyl adjacent to an activating group) is 1. The van der Waals surface area contributed by atoms with Crippen LogP contribution in [-0.2, 0) is 0 Å². The normalized spacial score (nSPS) is 10.3. The first-order chi connectivity index (χ1) is 8.61. The molecular weight excluding hydrogens is 264 g/mol. The second-order valence-corrected chi connectivity index (χ2v) is 4.44. The van der Waals surface area contributed by atoms with Crippen LogP contribution in [0.5, 0.6) is 0 Å². The maximum Gasteiger partial charge on any atom is 0.287 e. The number of nitrogens with one attached hydrogen (secondary N) is 2. The molecule has 4 nitrogen and oxygen atoms in total. The molecule has 0 spiro atoms. The topological polar surface area (TPSA) is 54.3 Å². The van der Waals surface area contributed by atoms with Crippen molar-refractivity contribution in [1.82, 2.24) is 10.6 Å². The van der Waals surface area contributed by atoms with Crippen molar-refractivity contribution in [2.75, 3.05) is 20.1 Å². The number of amides is 1. The van der Waals surface area contributed by atoms with Crippen LogP contribution in [0.3, 0.4) is 0 Å². The van der Waals surface area contributed by atoms with Gasteiger partial charge in [0.1, 0.15) is 5.58 Å². The van der Waals surface area contributed by atoms with Crippen LogP contribution in [0.25, 0.3) is 11.0 Å². The maximum atomic E-state index is 11.8. The van der Waals surface area contributed by atoms with Crippen molar-refractivity contribution in [2.45, 2.75) is 13.8 Å². The monoisotopic (exact) mass is 282 g/mol. The highest BCUT2D eigenvalue weighted by Crippen LogP contribution is 2.23. The van der Waals surface area contributed by atoms with Crippen molar-refractivity contribution in [3.63, 3.8) is 0 Å². The predicted octanol–water partition coefficient (Wildman–Crippen LogP) is 2.42. The molecule has 0 radical (unpaired) electrons. The zero-order chi connectivity index (χ0) is 13.1. The van der Waals surface area contributed by atoms with Crippen molar-refractivity contribution in [3.8, 4) is 0 Å². The van der Waals surface area contributed by atoms with Crippen LogP contribution in [0.15, 0.2) is 22.6 Å². The first-order valence-corrected chi connectivity index (χ1v) is 6.05. The quantitative estimate of drug-likeness (QED) is 0.847. The fourth-order valence-electron chi connectivity index (χ4n) is 1.80. The van der Waals surface area contributed by atoms with E-state index in [0.717, 1.165) is 17.5 Å². The van der Waals surface area contributed by atoms with E-state index >= 15 is 0 Å². The second kappa shape index (κ2) is 6.59. The summed E-state index contributed by atoms with van der Waals surface area (Å²) in [6.07, 6.45) is 0. The lowest BCUT2D eigenvalue weighted by Crippen LogP contribution is -2.30. The summed E-state index contributed by atoms with van der Waals surface area (Å²) in [5.74, 6) is 0.197. The first kappa shape index (κ1) is 15.5. The van der Waals surface area contributed by atoms with E-state index in [4.69, 9.17) is 4.42 Å². The zero-order valence-electron chi connectivity index (χ0n) is 11.4. The Morgan fingerprint density at radius 3 is 2.53 bits per heavy atom. The lowest BCUT2D eigenvalue weighted by molar-refractivity contribution is 0.0928. The van der Waals surface area contributed by atoms with Gasteiger partial charge in [0.2, 0.25) is 0 Å². The van der Waals surface area contributed by atoms with E-state index < -0.39 is 0 Å². The van der Waals surface area contributed by atoms with Gasteiger partial charge in [-0.15, -0.1) is 12.4 Å². The van der Waals surface area contributed by atoms with Gasteiger partial charge in [-0.2, -0.15) is 0 Å². The van der Waals surface area contributed by atoms with Crippen molar-refractivity contribution in [2.24, 2.45) is 0 Å². The van der Waals surface area contributed by atoms with Gasteiger partial charge < -0.3 is 15.1 Å². The van der Waals surface area contributed by atoms with Gasteiger partial charge in [-0.05, 0) is 50.2 Å². The minimum atomic E-state index is -0.170. The molecule has 0 atom stereocenters. The summed E-state index contributed by atoms with van der Waals surface area (Å²) in [5.41, 5.74) is 3.13. The summed E-state index contributed by atoms with van der Waals surface area (Å²) >= 11 is 0. The molecule has 0 saturated heterocycles. The smallest absolute Gasteiger partial charge is 0.287 e. The number of benzene rings is 1. The molecule has 2 N–H and O–H groups in total. The molecule has 5 heteroatoms. The summed E-state index contributed by atoms with van der Waals surface area (Å²) < 4.78 is 5.56. The van der Waals surface area contributed by atoms with Gasteiger partial charge in [-0.1, -0.05) is 0 Å². The van der Waals surface area contributed by atoms with Crippen molar-refractivity contribution in [3.05, 3.63) is 35.1 Å². The number of hydrogen-bond acceptors (Lipinski definition) is 3. The van der Waals surface area contributed by atoms with Crippen LogP contribution >= 0.6 is 12.4 Å². The Morgan fingerprint density at radius 2 is 1.84 bits per heavy atom. The van der Waals surface area contributed by atoms with E-state index in [1.165, 1.54) is 11.1 Å². The van der Waals surface area contributed by atoms with Gasteiger partial charge in [-0.25, -0.2) is 0 Å². The minimum absolute atomic E-state index is 0. The maximum absolute atomic E-state index is 11.8. The van der Waals surface area contributed by atoms with Crippen LogP contribution in [0.4, 0.5) is 0 Å². The third-order valence-electron chi connectivity index (χ3n) is 3.02. The van der Waals surface area contributed by atoms with E-state index in [2.05, 4.69) is 17.6 Å². The van der Waals surface area contributed by atoms with Gasteiger partial charge in [0, 0.05) is 18.5 Å². The number of hydrogen-bond donors (Lipinski definition) is 2. The van der Waals surface area contributed by atoms with Gasteiger partial charge >= 0.3 is 0 Å². The molecule has 1 aromatic carbocycles. The highest BCUT2D eigenvalue weighted by molar-refractivity contribution is 5.96. The number of halogens is 1. The van der Waals surface area contributed by atoms with Crippen LogP contribution in [-0.4, -0.2) is 26.0 Å². The highest BCUT2D eigenvalue weighted by Gasteiger charge is 2.12. The third kappa shape index (κ3) is 3.49. The number of aryl methyl sites for hydroxylation is 2. The molecule has 0 aliphatic heterocycles. The Morgan fingerprint density at radius 1 is 1.16 bits per heavy atom. The van der Waals surface area contributed by atoms with Crippen molar-refractivity contribution < 1.29 is 9.21 Å². The molecular formula is C14H19ClN2O2. The Labute approximate surface area is 119 Å². The van der Waals surface area contributed by atoms with Crippen molar-refractivity contribution >= 4 is 29.3 Å². The molecule has 0 bridgehead atoms.